The predicted molar refractivity (Wildman–Crippen MR) is 368 cm³/mol. The van der Waals surface area contributed by atoms with Gasteiger partial charge in [0, 0.05) is 0 Å². The number of unbranched alkanes of at least 4 members (excludes halogenated alkanes) is 13. The van der Waals surface area contributed by atoms with Crippen LogP contribution in [-0.4, -0.2) is 0 Å². The van der Waals surface area contributed by atoms with Gasteiger partial charge in [-0.05, 0) is 157 Å². The van der Waals surface area contributed by atoms with Crippen LogP contribution in [0.5, 0.6) is 0 Å². The Kier molecular flexibility index (Phi) is 29.8. The molecule has 0 N–H and O–H groups in total. The van der Waals surface area contributed by atoms with E-state index in [4.69, 9.17) is 0 Å². The molecule has 0 aliphatic heterocycles. The maximum Gasteiger partial charge on any atom is -0.0184 e. The van der Waals surface area contributed by atoms with Crippen LogP contribution >= 0.6 is 0 Å². The third-order valence-corrected chi connectivity index (χ3v) is 16.1. The van der Waals surface area contributed by atoms with Crippen LogP contribution in [-0.2, 0) is 25.7 Å². The minimum Gasteiger partial charge on any atom is -0.0654 e. The van der Waals surface area contributed by atoms with Gasteiger partial charge in [0.15, 0.2) is 0 Å². The molecule has 0 spiro atoms. The summed E-state index contributed by atoms with van der Waals surface area (Å²) in [5.74, 6) is 0. The normalized spacial score (nSPS) is 10.7. The van der Waals surface area contributed by atoms with Gasteiger partial charge in [-0.25, -0.2) is 0 Å². The van der Waals surface area contributed by atoms with Gasteiger partial charge in [-0.1, -0.05) is 352 Å². The van der Waals surface area contributed by atoms with E-state index in [1.807, 2.05) is 0 Å². The Labute approximate surface area is 505 Å². The van der Waals surface area contributed by atoms with Gasteiger partial charge in [-0.3, -0.25) is 0 Å². The zero-order valence-corrected chi connectivity index (χ0v) is 52.6. The Bertz CT molecular complexity index is 3060. The standard InChI is InChI=1S/C24H26.C21H28.C20H26.C18H22/c1-3-4-5-6-20-9-13-22(14-10-20)24-17-15-23(16-18-24)21-11-7-19(2)8-12-21;1-3-4-5-6-7-8-9-19-12-16-21(17-13-19)20-14-10-18(2)11-15-20;1-3-4-5-6-7-8-18-11-15-20(16-12-18)19-13-9-17(2)10-14-19;1-3-4-5-6-16-9-13-18(14-10-16)17-11-7-15(2)8-12-17/h7-18H,3-6H2,1-2H3;10-17H,3-9H2,1-2H3;9-16H,3-8H2,1-2H3;7-14H,3-6H2,1-2H3. The molecule has 0 aromatic heterocycles. The Morgan fingerprint density at radius 2 is 0.289 bits per heavy atom. The molecule has 9 aromatic rings. The minimum atomic E-state index is 1.19. The predicted octanol–water partition coefficient (Wildman–Crippen LogP) is 25.2. The van der Waals surface area contributed by atoms with Gasteiger partial charge in [0.1, 0.15) is 0 Å². The van der Waals surface area contributed by atoms with Crippen molar-refractivity contribution in [1.29, 1.82) is 0 Å². The molecule has 83 heavy (non-hydrogen) atoms. The van der Waals surface area contributed by atoms with E-state index in [2.05, 4.69) is 274 Å². The highest BCUT2D eigenvalue weighted by Gasteiger charge is 2.05. The van der Waals surface area contributed by atoms with Gasteiger partial charge in [-0.15, -0.1) is 0 Å². The first-order valence-corrected chi connectivity index (χ1v) is 32.4. The molecule has 0 aliphatic carbocycles. The van der Waals surface area contributed by atoms with E-state index in [1.165, 1.54) is 235 Å². The number of rotatable bonds is 26. The quantitative estimate of drug-likeness (QED) is 0.0474. The average molecular weight is 1100 g/mol. The van der Waals surface area contributed by atoms with Crippen LogP contribution in [0.2, 0.25) is 0 Å². The molecule has 0 saturated heterocycles. The maximum atomic E-state index is 2.29. The van der Waals surface area contributed by atoms with Crippen LogP contribution in [0.4, 0.5) is 0 Å². The van der Waals surface area contributed by atoms with E-state index in [9.17, 15) is 0 Å². The Hall–Kier alpha value is -7.02. The SMILES string of the molecule is CCCCCCCCc1ccc(-c2ccc(C)cc2)cc1.CCCCCCCc1ccc(-c2ccc(C)cc2)cc1.CCCCCc1ccc(-c2ccc(-c3ccc(C)cc3)cc2)cc1.CCCCCc1ccc(-c2ccc(C)cc2)cc1. The highest BCUT2D eigenvalue weighted by atomic mass is 14.1. The van der Waals surface area contributed by atoms with E-state index in [-0.39, 0.29) is 0 Å². The lowest BCUT2D eigenvalue weighted by atomic mass is 9.98. The third kappa shape index (κ3) is 24.4. The first-order chi connectivity index (χ1) is 40.6. The monoisotopic (exact) mass is 1100 g/mol. The van der Waals surface area contributed by atoms with Crippen molar-refractivity contribution in [2.24, 2.45) is 0 Å². The van der Waals surface area contributed by atoms with E-state index < -0.39 is 0 Å². The van der Waals surface area contributed by atoms with E-state index in [1.54, 1.807) is 0 Å². The van der Waals surface area contributed by atoms with Gasteiger partial charge < -0.3 is 0 Å². The van der Waals surface area contributed by atoms with Crippen LogP contribution in [0.1, 0.15) is 181 Å². The first kappa shape index (κ1) is 65.1. The Morgan fingerprint density at radius 1 is 0.157 bits per heavy atom. The number of aryl methyl sites for hydroxylation is 8. The molecule has 9 rings (SSSR count). The molecular formula is C83H102. The average Bonchev–Trinajstić information content (AvgIpc) is 3.62. The summed E-state index contributed by atoms with van der Waals surface area (Å²) in [5, 5.41) is 0. The van der Waals surface area contributed by atoms with Crippen molar-refractivity contribution in [3.05, 3.63) is 263 Å². The summed E-state index contributed by atoms with van der Waals surface area (Å²) in [6, 6.07) is 80.1. The van der Waals surface area contributed by atoms with Crippen LogP contribution in [0, 0.1) is 27.7 Å². The third-order valence-electron chi connectivity index (χ3n) is 16.1. The molecule has 0 fully saturated rings. The van der Waals surface area contributed by atoms with Crippen molar-refractivity contribution in [1.82, 2.24) is 0 Å². The molecule has 434 valence electrons. The van der Waals surface area contributed by atoms with Crippen LogP contribution in [0.15, 0.2) is 218 Å². The van der Waals surface area contributed by atoms with Crippen molar-refractivity contribution >= 4 is 0 Å². The summed E-state index contributed by atoms with van der Waals surface area (Å²) in [4.78, 5) is 0. The first-order valence-electron chi connectivity index (χ1n) is 32.4. The van der Waals surface area contributed by atoms with Crippen molar-refractivity contribution in [3.8, 4) is 55.6 Å². The van der Waals surface area contributed by atoms with E-state index >= 15 is 0 Å². The van der Waals surface area contributed by atoms with E-state index in [0.29, 0.717) is 0 Å². The van der Waals surface area contributed by atoms with Crippen LogP contribution in [0.25, 0.3) is 55.6 Å². The second-order valence-electron chi connectivity index (χ2n) is 23.4. The number of benzene rings is 9. The zero-order chi connectivity index (χ0) is 58.7. The summed E-state index contributed by atoms with van der Waals surface area (Å²) in [6.07, 6.45) is 27.7. The second kappa shape index (κ2) is 38.0. The van der Waals surface area contributed by atoms with Crippen molar-refractivity contribution in [3.63, 3.8) is 0 Å². The Balaban J connectivity index is 0.000000179. The molecular weight excluding hydrogens is 997 g/mol. The van der Waals surface area contributed by atoms with Gasteiger partial charge in [0.05, 0.1) is 0 Å². The fourth-order valence-electron chi connectivity index (χ4n) is 10.5. The van der Waals surface area contributed by atoms with Crippen LogP contribution in [0.3, 0.4) is 0 Å². The smallest absolute Gasteiger partial charge is 0.0184 e. The molecule has 0 aliphatic rings. The molecule has 0 unspecified atom stereocenters. The fourth-order valence-corrected chi connectivity index (χ4v) is 10.5. The fraction of sp³-hybridized carbons (Fsp3) is 0.349. The molecule has 9 aromatic carbocycles. The highest BCUT2D eigenvalue weighted by molar-refractivity contribution is 5.71. The van der Waals surface area contributed by atoms with Crippen molar-refractivity contribution < 1.29 is 0 Å². The molecule has 0 radical (unpaired) electrons. The summed E-state index contributed by atoms with van der Waals surface area (Å²) in [6.45, 7) is 17.6. The molecule has 0 nitrogen and oxygen atoms in total. The summed E-state index contributed by atoms with van der Waals surface area (Å²) in [5.41, 5.74) is 24.1. The van der Waals surface area contributed by atoms with Crippen molar-refractivity contribution in [2.75, 3.05) is 0 Å². The van der Waals surface area contributed by atoms with Gasteiger partial charge in [-0.2, -0.15) is 0 Å². The largest absolute Gasteiger partial charge is 0.0654 e. The highest BCUT2D eigenvalue weighted by Crippen LogP contribution is 2.28. The number of hydrogen-bond donors (Lipinski definition) is 0. The van der Waals surface area contributed by atoms with Crippen molar-refractivity contribution in [2.45, 2.75) is 190 Å². The summed E-state index contributed by atoms with van der Waals surface area (Å²) >= 11 is 0. The zero-order valence-electron chi connectivity index (χ0n) is 52.6. The summed E-state index contributed by atoms with van der Waals surface area (Å²) in [7, 11) is 0. The molecule has 0 saturated carbocycles. The molecule has 0 heteroatoms. The molecule has 0 amide bonds. The lowest BCUT2D eigenvalue weighted by Gasteiger charge is -2.07. The Morgan fingerprint density at radius 3 is 0.482 bits per heavy atom. The topological polar surface area (TPSA) is 0 Å². The molecule has 0 heterocycles. The van der Waals surface area contributed by atoms with Crippen LogP contribution < -0.4 is 0 Å². The summed E-state index contributed by atoms with van der Waals surface area (Å²) < 4.78 is 0. The second-order valence-corrected chi connectivity index (χ2v) is 23.4. The number of hydrogen-bond acceptors (Lipinski definition) is 0. The van der Waals surface area contributed by atoms with E-state index in [0.717, 1.165) is 0 Å². The lowest BCUT2D eigenvalue weighted by molar-refractivity contribution is 0.607. The lowest BCUT2D eigenvalue weighted by Crippen LogP contribution is -1.87. The van der Waals surface area contributed by atoms with Gasteiger partial charge >= 0.3 is 0 Å². The van der Waals surface area contributed by atoms with Gasteiger partial charge in [0.2, 0.25) is 0 Å². The molecule has 0 bridgehead atoms. The maximum absolute atomic E-state index is 2.29. The molecule has 0 atom stereocenters. The minimum absolute atomic E-state index is 1.19. The van der Waals surface area contributed by atoms with Gasteiger partial charge in [0.25, 0.3) is 0 Å².